The highest BCUT2D eigenvalue weighted by Crippen LogP contribution is 2.58. The van der Waals surface area contributed by atoms with Gasteiger partial charge in [-0.15, -0.1) is 5.10 Å². The van der Waals surface area contributed by atoms with Gasteiger partial charge in [0.15, 0.2) is 0 Å². The van der Waals surface area contributed by atoms with Gasteiger partial charge in [-0.1, -0.05) is 6.42 Å². The van der Waals surface area contributed by atoms with Crippen molar-refractivity contribution in [2.24, 2.45) is 23.7 Å². The first-order valence-electron chi connectivity index (χ1n) is 8.53. The van der Waals surface area contributed by atoms with E-state index in [1.54, 1.807) is 0 Å². The molecule has 5 unspecified atom stereocenters. The fraction of sp³-hybridized carbons (Fsp3) is 0.812. The topological polar surface area (TPSA) is 70.7 Å². The van der Waals surface area contributed by atoms with Gasteiger partial charge in [0.25, 0.3) is 5.91 Å². The lowest BCUT2D eigenvalue weighted by atomic mass is 9.79. The molecule has 5 rings (SSSR count). The van der Waals surface area contributed by atoms with Crippen molar-refractivity contribution in [2.75, 3.05) is 0 Å². The maximum absolute atomic E-state index is 12.4. The summed E-state index contributed by atoms with van der Waals surface area (Å²) >= 11 is 0. The summed E-state index contributed by atoms with van der Waals surface area (Å²) in [7, 11) is 0. The van der Waals surface area contributed by atoms with Gasteiger partial charge in [0.2, 0.25) is 5.82 Å². The first kappa shape index (κ1) is 12.2. The normalized spacial score (nSPS) is 40.5. The van der Waals surface area contributed by atoms with Crippen molar-refractivity contribution in [3.8, 4) is 0 Å². The number of aromatic nitrogens is 3. The second-order valence-corrected chi connectivity index (χ2v) is 7.55. The van der Waals surface area contributed by atoms with Gasteiger partial charge in [-0.25, -0.2) is 4.98 Å². The molecule has 0 spiro atoms. The molecule has 2 N–H and O–H groups in total. The SMILES string of the molecule is O=C(NC1CC2CC1C1CCCC21)c1n[nH]c(C2CC2)n1. The molecule has 0 aromatic carbocycles. The second-order valence-electron chi connectivity index (χ2n) is 7.55. The van der Waals surface area contributed by atoms with Crippen molar-refractivity contribution in [3.63, 3.8) is 0 Å². The van der Waals surface area contributed by atoms with E-state index in [-0.39, 0.29) is 5.91 Å². The zero-order chi connectivity index (χ0) is 14.0. The van der Waals surface area contributed by atoms with Crippen LogP contribution in [-0.2, 0) is 0 Å². The number of fused-ring (bicyclic) bond motifs is 5. The van der Waals surface area contributed by atoms with Crippen LogP contribution in [0.1, 0.15) is 67.3 Å². The van der Waals surface area contributed by atoms with Gasteiger partial charge in [-0.3, -0.25) is 9.89 Å². The molecule has 21 heavy (non-hydrogen) atoms. The van der Waals surface area contributed by atoms with Gasteiger partial charge in [-0.2, -0.15) is 0 Å². The molecule has 4 saturated carbocycles. The smallest absolute Gasteiger partial charge is 0.291 e. The molecule has 1 heterocycles. The van der Waals surface area contributed by atoms with E-state index >= 15 is 0 Å². The van der Waals surface area contributed by atoms with Gasteiger partial charge in [0.1, 0.15) is 5.82 Å². The molecule has 2 bridgehead atoms. The standard InChI is InChI=1S/C16H22N4O/c21-16(15-18-14(19-20-15)8-4-5-8)17-13-7-9-6-12(13)11-3-1-2-10(9)11/h8-13H,1-7H2,(H,17,21)(H,18,19,20). The largest absolute Gasteiger partial charge is 0.346 e. The Kier molecular flexibility index (Phi) is 2.50. The highest BCUT2D eigenvalue weighted by atomic mass is 16.2. The quantitative estimate of drug-likeness (QED) is 0.895. The third kappa shape index (κ3) is 1.86. The maximum Gasteiger partial charge on any atom is 0.291 e. The zero-order valence-electron chi connectivity index (χ0n) is 12.2. The molecule has 0 aliphatic heterocycles. The minimum Gasteiger partial charge on any atom is -0.346 e. The summed E-state index contributed by atoms with van der Waals surface area (Å²) in [5, 5.41) is 10.3. The third-order valence-electron chi connectivity index (χ3n) is 6.42. The van der Waals surface area contributed by atoms with Gasteiger partial charge in [-0.05, 0) is 62.2 Å². The summed E-state index contributed by atoms with van der Waals surface area (Å²) < 4.78 is 0. The van der Waals surface area contributed by atoms with Crippen LogP contribution in [0.5, 0.6) is 0 Å². The average molecular weight is 286 g/mol. The summed E-state index contributed by atoms with van der Waals surface area (Å²) in [5.74, 6) is 5.09. The van der Waals surface area contributed by atoms with E-state index in [1.807, 2.05) is 0 Å². The van der Waals surface area contributed by atoms with Crippen molar-refractivity contribution in [2.45, 2.75) is 56.9 Å². The predicted octanol–water partition coefficient (Wildman–Crippen LogP) is 2.24. The maximum atomic E-state index is 12.4. The van der Waals surface area contributed by atoms with Crippen molar-refractivity contribution >= 4 is 5.91 Å². The van der Waals surface area contributed by atoms with Gasteiger partial charge in [0.05, 0.1) is 0 Å². The van der Waals surface area contributed by atoms with E-state index in [4.69, 9.17) is 0 Å². The Labute approximate surface area is 124 Å². The summed E-state index contributed by atoms with van der Waals surface area (Å²) in [6.07, 6.45) is 9.06. The Morgan fingerprint density at radius 1 is 1.10 bits per heavy atom. The van der Waals surface area contributed by atoms with Crippen LogP contribution in [0, 0.1) is 23.7 Å². The van der Waals surface area contributed by atoms with Gasteiger partial charge < -0.3 is 5.32 Å². The fourth-order valence-electron chi connectivity index (χ4n) is 5.38. The van der Waals surface area contributed by atoms with E-state index in [0.717, 1.165) is 23.6 Å². The van der Waals surface area contributed by atoms with Crippen LogP contribution in [0.3, 0.4) is 0 Å². The van der Waals surface area contributed by atoms with E-state index in [9.17, 15) is 4.79 Å². The van der Waals surface area contributed by atoms with Crippen LogP contribution in [0.4, 0.5) is 0 Å². The first-order chi connectivity index (χ1) is 10.3. The van der Waals surface area contributed by atoms with Crippen molar-refractivity contribution in [3.05, 3.63) is 11.6 Å². The first-order valence-corrected chi connectivity index (χ1v) is 8.53. The molecule has 4 aliphatic rings. The van der Waals surface area contributed by atoms with Crippen molar-refractivity contribution < 1.29 is 4.79 Å². The van der Waals surface area contributed by atoms with E-state index in [2.05, 4.69) is 20.5 Å². The molecule has 4 aliphatic carbocycles. The molecule has 5 heteroatoms. The monoisotopic (exact) mass is 286 g/mol. The van der Waals surface area contributed by atoms with Crippen molar-refractivity contribution in [1.82, 2.24) is 20.5 Å². The number of nitrogens with one attached hydrogen (secondary N) is 2. The highest BCUT2D eigenvalue weighted by Gasteiger charge is 2.54. The summed E-state index contributed by atoms with van der Waals surface area (Å²) in [6.45, 7) is 0. The Balaban J connectivity index is 1.28. The number of nitrogens with zero attached hydrogens (tertiary/aromatic N) is 2. The molecule has 5 nitrogen and oxygen atoms in total. The minimum atomic E-state index is -0.0785. The Bertz CT molecular complexity index is 579. The fourth-order valence-corrected chi connectivity index (χ4v) is 5.38. The molecule has 0 radical (unpaired) electrons. The molecule has 0 saturated heterocycles. The Morgan fingerprint density at radius 3 is 2.81 bits per heavy atom. The average Bonchev–Trinajstić information content (AvgIpc) is 2.91. The molecular weight excluding hydrogens is 264 g/mol. The molecule has 1 aromatic heterocycles. The molecular formula is C16H22N4O. The summed E-state index contributed by atoms with van der Waals surface area (Å²) in [4.78, 5) is 16.7. The van der Waals surface area contributed by atoms with E-state index in [0.29, 0.717) is 23.7 Å². The van der Waals surface area contributed by atoms with Crippen LogP contribution >= 0.6 is 0 Å². The lowest BCUT2D eigenvalue weighted by molar-refractivity contribution is 0.0891. The zero-order valence-corrected chi connectivity index (χ0v) is 12.2. The number of aromatic amines is 1. The molecule has 112 valence electrons. The number of H-pyrrole nitrogens is 1. The predicted molar refractivity (Wildman–Crippen MR) is 76.7 cm³/mol. The van der Waals surface area contributed by atoms with Crippen LogP contribution in [0.2, 0.25) is 0 Å². The molecule has 1 aromatic rings. The number of hydrogen-bond donors (Lipinski definition) is 2. The molecule has 5 atom stereocenters. The lowest BCUT2D eigenvalue weighted by Gasteiger charge is -2.31. The molecule has 4 fully saturated rings. The highest BCUT2D eigenvalue weighted by molar-refractivity contribution is 5.90. The lowest BCUT2D eigenvalue weighted by Crippen LogP contribution is -2.42. The van der Waals surface area contributed by atoms with Crippen LogP contribution < -0.4 is 5.32 Å². The van der Waals surface area contributed by atoms with Crippen molar-refractivity contribution in [1.29, 1.82) is 0 Å². The van der Waals surface area contributed by atoms with Crippen LogP contribution in [0.25, 0.3) is 0 Å². The third-order valence-corrected chi connectivity index (χ3v) is 6.42. The minimum absolute atomic E-state index is 0.0785. The summed E-state index contributed by atoms with van der Waals surface area (Å²) in [6, 6.07) is 0.365. The van der Waals surface area contributed by atoms with E-state index < -0.39 is 0 Å². The van der Waals surface area contributed by atoms with Crippen LogP contribution in [0.15, 0.2) is 0 Å². The number of carbonyl (C=O) groups is 1. The Hall–Kier alpha value is -1.39. The van der Waals surface area contributed by atoms with Crippen LogP contribution in [-0.4, -0.2) is 27.1 Å². The van der Waals surface area contributed by atoms with Gasteiger partial charge in [0, 0.05) is 12.0 Å². The van der Waals surface area contributed by atoms with Gasteiger partial charge >= 0.3 is 0 Å². The number of carbonyl (C=O) groups excluding carboxylic acids is 1. The van der Waals surface area contributed by atoms with E-state index in [1.165, 1.54) is 44.9 Å². The summed E-state index contributed by atoms with van der Waals surface area (Å²) in [5.41, 5.74) is 0. The second kappa shape index (κ2) is 4.31. The number of rotatable bonds is 3. The Morgan fingerprint density at radius 2 is 1.95 bits per heavy atom. The number of hydrogen-bond acceptors (Lipinski definition) is 3. The molecule has 1 amide bonds. The number of amides is 1.